The Morgan fingerprint density at radius 3 is 2.23 bits per heavy atom. The first-order valence-electron chi connectivity index (χ1n) is 7.44. The summed E-state index contributed by atoms with van der Waals surface area (Å²) in [7, 11) is 2.99. The van der Waals surface area contributed by atoms with Crippen LogP contribution in [0, 0.1) is 0 Å². The highest BCUT2D eigenvalue weighted by molar-refractivity contribution is 5.91. The summed E-state index contributed by atoms with van der Waals surface area (Å²) >= 11 is 0. The molecule has 122 valence electrons. The van der Waals surface area contributed by atoms with E-state index in [0.717, 1.165) is 12.8 Å². The minimum absolute atomic E-state index is 0.0522. The van der Waals surface area contributed by atoms with Gasteiger partial charge in [-0.25, -0.2) is 0 Å². The van der Waals surface area contributed by atoms with E-state index < -0.39 is 0 Å². The van der Waals surface area contributed by atoms with Crippen LogP contribution in [0.2, 0.25) is 0 Å². The van der Waals surface area contributed by atoms with Crippen molar-refractivity contribution in [2.75, 3.05) is 27.4 Å². The number of hydrogen-bond acceptors (Lipinski definition) is 6. The average molecular weight is 309 g/mol. The number of aromatic nitrogens is 2. The Labute approximate surface area is 130 Å². The van der Waals surface area contributed by atoms with Crippen LogP contribution in [0.3, 0.4) is 0 Å². The van der Waals surface area contributed by atoms with Crippen molar-refractivity contribution in [3.05, 3.63) is 11.9 Å². The van der Waals surface area contributed by atoms with Gasteiger partial charge in [0, 0.05) is 25.3 Å². The Morgan fingerprint density at radius 2 is 1.77 bits per heavy atom. The van der Waals surface area contributed by atoms with E-state index in [1.807, 2.05) is 18.7 Å². The molecule has 1 aromatic rings. The third kappa shape index (κ3) is 3.65. The predicted octanol–water partition coefficient (Wildman–Crippen LogP) is 1.52. The maximum atomic E-state index is 12.9. The number of methoxy groups -OCH3 is 2. The van der Waals surface area contributed by atoms with E-state index >= 15 is 0 Å². The second-order valence-corrected chi connectivity index (χ2v) is 5.43. The van der Waals surface area contributed by atoms with Crippen LogP contribution >= 0.6 is 0 Å². The van der Waals surface area contributed by atoms with Crippen molar-refractivity contribution < 1.29 is 19.0 Å². The Morgan fingerprint density at radius 1 is 1.23 bits per heavy atom. The van der Waals surface area contributed by atoms with E-state index in [2.05, 4.69) is 9.97 Å². The van der Waals surface area contributed by atoms with Gasteiger partial charge in [0.2, 0.25) is 17.6 Å². The van der Waals surface area contributed by atoms with Crippen LogP contribution in [0.5, 0.6) is 11.8 Å². The maximum absolute atomic E-state index is 12.9. The Hall–Kier alpha value is -1.89. The Bertz CT molecular complexity index is 493. The molecule has 7 nitrogen and oxygen atoms in total. The zero-order chi connectivity index (χ0) is 16.1. The monoisotopic (exact) mass is 309 g/mol. The van der Waals surface area contributed by atoms with Gasteiger partial charge in [0.1, 0.15) is 0 Å². The molecule has 2 heterocycles. The van der Waals surface area contributed by atoms with Crippen molar-refractivity contribution in [2.45, 2.75) is 38.8 Å². The standard InChI is InChI=1S/C15H23N3O4/c1-10(2)18(11-5-7-22-8-6-11)15(19)14-16-12(20-3)9-13(17-14)21-4/h9-11H,5-8H2,1-4H3. The fourth-order valence-corrected chi connectivity index (χ4v) is 2.61. The minimum atomic E-state index is -0.209. The molecule has 0 bridgehead atoms. The van der Waals surface area contributed by atoms with Gasteiger partial charge in [0.05, 0.1) is 20.3 Å². The minimum Gasteiger partial charge on any atom is -0.481 e. The molecular weight excluding hydrogens is 286 g/mol. The van der Waals surface area contributed by atoms with Crippen molar-refractivity contribution in [3.63, 3.8) is 0 Å². The molecule has 0 spiro atoms. The SMILES string of the molecule is COc1cc(OC)nc(C(=O)N(C(C)C)C2CCOCC2)n1. The van der Waals surface area contributed by atoms with Crippen molar-refractivity contribution in [1.29, 1.82) is 0 Å². The van der Waals surface area contributed by atoms with Gasteiger partial charge in [0.25, 0.3) is 5.91 Å². The molecular formula is C15H23N3O4. The molecule has 0 atom stereocenters. The summed E-state index contributed by atoms with van der Waals surface area (Å²) in [6, 6.07) is 1.74. The number of ether oxygens (including phenoxy) is 3. The fraction of sp³-hybridized carbons (Fsp3) is 0.667. The molecule has 2 rings (SSSR count). The molecule has 1 aliphatic heterocycles. The van der Waals surface area contributed by atoms with E-state index in [4.69, 9.17) is 14.2 Å². The third-order valence-electron chi connectivity index (χ3n) is 3.66. The molecule has 0 aliphatic carbocycles. The molecule has 1 fully saturated rings. The molecule has 0 N–H and O–H groups in total. The topological polar surface area (TPSA) is 73.8 Å². The van der Waals surface area contributed by atoms with Crippen molar-refractivity contribution in [2.24, 2.45) is 0 Å². The normalized spacial score (nSPS) is 15.7. The van der Waals surface area contributed by atoms with Crippen molar-refractivity contribution in [3.8, 4) is 11.8 Å². The molecule has 0 radical (unpaired) electrons. The number of rotatable bonds is 5. The van der Waals surface area contributed by atoms with Crippen LogP contribution in [0.15, 0.2) is 6.07 Å². The van der Waals surface area contributed by atoms with Gasteiger partial charge in [0.15, 0.2) is 0 Å². The summed E-state index contributed by atoms with van der Waals surface area (Å²) in [5.41, 5.74) is 0. The number of nitrogens with zero attached hydrogens (tertiary/aromatic N) is 3. The molecule has 7 heteroatoms. The Kier molecular flexibility index (Phi) is 5.54. The Balaban J connectivity index is 2.29. The van der Waals surface area contributed by atoms with Gasteiger partial charge in [-0.15, -0.1) is 0 Å². The molecule has 1 amide bonds. The van der Waals surface area contributed by atoms with Crippen molar-refractivity contribution in [1.82, 2.24) is 14.9 Å². The smallest absolute Gasteiger partial charge is 0.292 e. The maximum Gasteiger partial charge on any atom is 0.292 e. The lowest BCUT2D eigenvalue weighted by Crippen LogP contribution is -2.47. The number of carbonyl (C=O) groups is 1. The van der Waals surface area contributed by atoms with Crippen LogP contribution in [0.25, 0.3) is 0 Å². The molecule has 1 aromatic heterocycles. The fourth-order valence-electron chi connectivity index (χ4n) is 2.61. The van der Waals surface area contributed by atoms with Crippen LogP contribution in [0.4, 0.5) is 0 Å². The lowest BCUT2D eigenvalue weighted by Gasteiger charge is -2.36. The molecule has 1 saturated heterocycles. The van der Waals surface area contributed by atoms with Crippen LogP contribution in [0.1, 0.15) is 37.3 Å². The predicted molar refractivity (Wildman–Crippen MR) is 80.3 cm³/mol. The zero-order valence-electron chi connectivity index (χ0n) is 13.5. The summed E-state index contributed by atoms with van der Waals surface area (Å²) in [5, 5.41) is 0. The van der Waals surface area contributed by atoms with Gasteiger partial charge in [-0.2, -0.15) is 9.97 Å². The third-order valence-corrected chi connectivity index (χ3v) is 3.66. The second kappa shape index (κ2) is 7.40. The van der Waals surface area contributed by atoms with Gasteiger partial charge in [-0.3, -0.25) is 4.79 Å². The lowest BCUT2D eigenvalue weighted by molar-refractivity contribution is 0.0197. The first-order chi connectivity index (χ1) is 10.6. The second-order valence-electron chi connectivity index (χ2n) is 5.43. The van der Waals surface area contributed by atoms with E-state index in [1.54, 1.807) is 6.07 Å². The number of hydrogen-bond donors (Lipinski definition) is 0. The molecule has 0 aromatic carbocycles. The highest BCUT2D eigenvalue weighted by atomic mass is 16.5. The molecule has 0 unspecified atom stereocenters. The quantitative estimate of drug-likeness (QED) is 0.821. The number of carbonyl (C=O) groups excluding carboxylic acids is 1. The average Bonchev–Trinajstić information content (AvgIpc) is 2.55. The summed E-state index contributed by atoms with van der Waals surface area (Å²) in [5.74, 6) is 0.507. The summed E-state index contributed by atoms with van der Waals surface area (Å²) in [4.78, 5) is 23.0. The molecule has 1 aliphatic rings. The molecule has 22 heavy (non-hydrogen) atoms. The lowest BCUT2D eigenvalue weighted by atomic mass is 10.0. The highest BCUT2D eigenvalue weighted by Crippen LogP contribution is 2.21. The van der Waals surface area contributed by atoms with E-state index in [1.165, 1.54) is 14.2 Å². The first kappa shape index (κ1) is 16.5. The molecule has 0 saturated carbocycles. The van der Waals surface area contributed by atoms with E-state index in [0.29, 0.717) is 25.0 Å². The van der Waals surface area contributed by atoms with Crippen LogP contribution in [-0.2, 0) is 4.74 Å². The van der Waals surface area contributed by atoms with Gasteiger partial charge < -0.3 is 19.1 Å². The zero-order valence-corrected chi connectivity index (χ0v) is 13.5. The summed E-state index contributed by atoms with van der Waals surface area (Å²) in [6.45, 7) is 5.32. The van der Waals surface area contributed by atoms with Gasteiger partial charge in [-0.05, 0) is 26.7 Å². The van der Waals surface area contributed by atoms with E-state index in [-0.39, 0.29) is 23.8 Å². The summed E-state index contributed by atoms with van der Waals surface area (Å²) < 4.78 is 15.6. The largest absolute Gasteiger partial charge is 0.481 e. The highest BCUT2D eigenvalue weighted by Gasteiger charge is 2.30. The van der Waals surface area contributed by atoms with Crippen molar-refractivity contribution >= 4 is 5.91 Å². The first-order valence-corrected chi connectivity index (χ1v) is 7.44. The van der Waals surface area contributed by atoms with Crippen LogP contribution < -0.4 is 9.47 Å². The van der Waals surface area contributed by atoms with Gasteiger partial charge >= 0.3 is 0 Å². The van der Waals surface area contributed by atoms with Gasteiger partial charge in [-0.1, -0.05) is 0 Å². The van der Waals surface area contributed by atoms with E-state index in [9.17, 15) is 4.79 Å². The van der Waals surface area contributed by atoms with Crippen LogP contribution in [-0.4, -0.2) is 60.3 Å². The number of amides is 1. The summed E-state index contributed by atoms with van der Waals surface area (Å²) in [6.07, 6.45) is 1.65.